The average molecular weight is 388 g/mol. The number of methoxy groups -OCH3 is 1. The van der Waals surface area contributed by atoms with Crippen LogP contribution in [-0.2, 0) is 11.2 Å². The Morgan fingerprint density at radius 3 is 2.41 bits per heavy atom. The average Bonchev–Trinajstić information content (AvgIpc) is 3.22. The Labute approximate surface area is 170 Å². The maximum Gasteiger partial charge on any atom is 0.257 e. The predicted octanol–water partition coefficient (Wildman–Crippen LogP) is 3.44. The quantitative estimate of drug-likeness (QED) is 0.688. The fourth-order valence-electron chi connectivity index (χ4n) is 4.44. The van der Waals surface area contributed by atoms with Crippen molar-refractivity contribution in [3.63, 3.8) is 0 Å². The van der Waals surface area contributed by atoms with Crippen molar-refractivity contribution in [2.24, 2.45) is 5.92 Å². The van der Waals surface area contributed by atoms with E-state index < -0.39 is 0 Å². The number of anilines is 2. The van der Waals surface area contributed by atoms with E-state index in [9.17, 15) is 4.79 Å². The van der Waals surface area contributed by atoms with E-state index >= 15 is 0 Å². The standard InChI is InChI=1S/C23H24N4O2/c1-29-22-21(24-18-7-3-4-8-19(18)25-22)26-13-10-17(11-14-26)23(28)27-15-12-16-6-2-5-9-20(16)27/h2-9,17H,10-15H2,1H3. The first kappa shape index (κ1) is 17.9. The number of hydrogen-bond donors (Lipinski definition) is 0. The number of benzene rings is 2. The molecule has 3 heterocycles. The van der Waals surface area contributed by atoms with Crippen LogP contribution in [0.1, 0.15) is 18.4 Å². The molecule has 3 aromatic rings. The summed E-state index contributed by atoms with van der Waals surface area (Å²) >= 11 is 0. The molecule has 29 heavy (non-hydrogen) atoms. The van der Waals surface area contributed by atoms with Crippen molar-refractivity contribution in [3.05, 3.63) is 54.1 Å². The van der Waals surface area contributed by atoms with Gasteiger partial charge in [-0.3, -0.25) is 4.79 Å². The molecule has 1 saturated heterocycles. The fourth-order valence-corrected chi connectivity index (χ4v) is 4.44. The van der Waals surface area contributed by atoms with Gasteiger partial charge in [0.25, 0.3) is 5.88 Å². The third-order valence-corrected chi connectivity index (χ3v) is 6.01. The Hall–Kier alpha value is -3.15. The van der Waals surface area contributed by atoms with E-state index in [2.05, 4.69) is 22.0 Å². The monoisotopic (exact) mass is 388 g/mol. The molecule has 1 aromatic heterocycles. The van der Waals surface area contributed by atoms with Gasteiger partial charge in [0.1, 0.15) is 0 Å². The minimum atomic E-state index is 0.0526. The van der Waals surface area contributed by atoms with E-state index in [0.29, 0.717) is 5.88 Å². The van der Waals surface area contributed by atoms with Crippen molar-refractivity contribution >= 4 is 28.4 Å². The number of carbonyl (C=O) groups excluding carboxylic acids is 1. The molecule has 0 bridgehead atoms. The highest BCUT2D eigenvalue weighted by Gasteiger charge is 2.33. The summed E-state index contributed by atoms with van der Waals surface area (Å²) in [5, 5.41) is 0. The van der Waals surface area contributed by atoms with Crippen LogP contribution in [0.4, 0.5) is 11.5 Å². The van der Waals surface area contributed by atoms with E-state index in [-0.39, 0.29) is 11.8 Å². The molecule has 0 radical (unpaired) electrons. The highest BCUT2D eigenvalue weighted by atomic mass is 16.5. The lowest BCUT2D eigenvalue weighted by molar-refractivity contribution is -0.122. The molecule has 0 saturated carbocycles. The maximum absolute atomic E-state index is 13.2. The minimum Gasteiger partial charge on any atom is -0.478 e. The molecule has 2 aliphatic heterocycles. The first-order valence-corrected chi connectivity index (χ1v) is 10.2. The Bertz CT molecular complexity index is 1060. The number of aromatic nitrogens is 2. The number of nitrogens with zero attached hydrogens (tertiary/aromatic N) is 4. The van der Waals surface area contributed by atoms with Crippen LogP contribution in [0.5, 0.6) is 5.88 Å². The molecule has 0 unspecified atom stereocenters. The highest BCUT2D eigenvalue weighted by molar-refractivity contribution is 5.97. The van der Waals surface area contributed by atoms with E-state index in [0.717, 1.165) is 61.4 Å². The Kier molecular flexibility index (Phi) is 4.54. The first-order valence-electron chi connectivity index (χ1n) is 10.2. The van der Waals surface area contributed by atoms with E-state index in [1.807, 2.05) is 41.3 Å². The Morgan fingerprint density at radius 1 is 0.966 bits per heavy atom. The number of amides is 1. The number of piperidine rings is 1. The van der Waals surface area contributed by atoms with Crippen LogP contribution in [0.25, 0.3) is 11.0 Å². The SMILES string of the molecule is COc1nc2ccccc2nc1N1CCC(C(=O)N2CCc3ccccc32)CC1. The molecule has 148 valence electrons. The Morgan fingerprint density at radius 2 is 1.66 bits per heavy atom. The van der Waals surface area contributed by atoms with Crippen LogP contribution in [-0.4, -0.2) is 42.6 Å². The van der Waals surface area contributed by atoms with Gasteiger partial charge in [-0.1, -0.05) is 30.3 Å². The molecule has 6 heteroatoms. The summed E-state index contributed by atoms with van der Waals surface area (Å²) < 4.78 is 5.51. The van der Waals surface area contributed by atoms with Crippen molar-refractivity contribution < 1.29 is 9.53 Å². The number of carbonyl (C=O) groups is 1. The number of ether oxygens (including phenoxy) is 1. The second kappa shape index (κ2) is 7.35. The van der Waals surface area contributed by atoms with Gasteiger partial charge in [-0.2, -0.15) is 0 Å². The summed E-state index contributed by atoms with van der Waals surface area (Å²) in [5.74, 6) is 1.62. The smallest absolute Gasteiger partial charge is 0.257 e. The molecule has 1 fully saturated rings. The molecule has 1 amide bonds. The van der Waals surface area contributed by atoms with Gasteiger partial charge in [0, 0.05) is 31.2 Å². The van der Waals surface area contributed by atoms with Crippen LogP contribution in [0.2, 0.25) is 0 Å². The molecule has 2 aromatic carbocycles. The number of para-hydroxylation sites is 3. The normalized spacial score (nSPS) is 16.9. The Balaban J connectivity index is 1.32. The maximum atomic E-state index is 13.2. The van der Waals surface area contributed by atoms with Crippen LogP contribution >= 0.6 is 0 Å². The zero-order chi connectivity index (χ0) is 19.8. The molecule has 0 atom stereocenters. The molecule has 0 aliphatic carbocycles. The third-order valence-electron chi connectivity index (χ3n) is 6.01. The van der Waals surface area contributed by atoms with Gasteiger partial charge in [-0.15, -0.1) is 0 Å². The molecule has 6 nitrogen and oxygen atoms in total. The third kappa shape index (κ3) is 3.18. The molecule has 0 spiro atoms. The van der Waals surface area contributed by atoms with Gasteiger partial charge in [0.15, 0.2) is 5.82 Å². The van der Waals surface area contributed by atoms with Crippen molar-refractivity contribution in [2.45, 2.75) is 19.3 Å². The highest BCUT2D eigenvalue weighted by Crippen LogP contribution is 2.33. The zero-order valence-corrected chi connectivity index (χ0v) is 16.5. The topological polar surface area (TPSA) is 58.6 Å². The van der Waals surface area contributed by atoms with E-state index in [4.69, 9.17) is 9.72 Å². The van der Waals surface area contributed by atoms with Crippen LogP contribution in [0.15, 0.2) is 48.5 Å². The summed E-state index contributed by atoms with van der Waals surface area (Å²) in [6.45, 7) is 2.34. The fraction of sp³-hybridized carbons (Fsp3) is 0.348. The van der Waals surface area contributed by atoms with Crippen LogP contribution in [0, 0.1) is 5.92 Å². The second-order valence-electron chi connectivity index (χ2n) is 7.68. The summed E-state index contributed by atoms with van der Waals surface area (Å²) in [6.07, 6.45) is 2.58. The molecular formula is C23H24N4O2. The van der Waals surface area contributed by atoms with Crippen LogP contribution in [0.3, 0.4) is 0 Å². The van der Waals surface area contributed by atoms with E-state index in [1.54, 1.807) is 7.11 Å². The van der Waals surface area contributed by atoms with Gasteiger partial charge >= 0.3 is 0 Å². The predicted molar refractivity (Wildman–Crippen MR) is 114 cm³/mol. The van der Waals surface area contributed by atoms with Crippen molar-refractivity contribution in [1.82, 2.24) is 9.97 Å². The van der Waals surface area contributed by atoms with Crippen molar-refractivity contribution in [1.29, 1.82) is 0 Å². The van der Waals surface area contributed by atoms with E-state index in [1.165, 1.54) is 5.56 Å². The summed E-state index contributed by atoms with van der Waals surface area (Å²) in [6, 6.07) is 16.1. The van der Waals surface area contributed by atoms with Crippen LogP contribution < -0.4 is 14.5 Å². The summed E-state index contributed by atoms with van der Waals surface area (Å²) in [7, 11) is 1.63. The van der Waals surface area contributed by atoms with Gasteiger partial charge in [0.2, 0.25) is 5.91 Å². The number of fused-ring (bicyclic) bond motifs is 2. The largest absolute Gasteiger partial charge is 0.478 e. The van der Waals surface area contributed by atoms with Gasteiger partial charge in [0.05, 0.1) is 18.1 Å². The van der Waals surface area contributed by atoms with Gasteiger partial charge in [-0.05, 0) is 43.0 Å². The van der Waals surface area contributed by atoms with Crippen molar-refractivity contribution in [3.8, 4) is 5.88 Å². The van der Waals surface area contributed by atoms with Gasteiger partial charge in [-0.25, -0.2) is 9.97 Å². The molecule has 5 rings (SSSR count). The number of rotatable bonds is 3. The molecule has 0 N–H and O–H groups in total. The number of hydrogen-bond acceptors (Lipinski definition) is 5. The lowest BCUT2D eigenvalue weighted by Crippen LogP contribution is -2.42. The second-order valence-corrected chi connectivity index (χ2v) is 7.68. The first-order chi connectivity index (χ1) is 14.2. The minimum absolute atomic E-state index is 0.0526. The zero-order valence-electron chi connectivity index (χ0n) is 16.5. The molecular weight excluding hydrogens is 364 g/mol. The molecule has 2 aliphatic rings. The lowest BCUT2D eigenvalue weighted by atomic mass is 9.95. The van der Waals surface area contributed by atoms with Gasteiger partial charge < -0.3 is 14.5 Å². The summed E-state index contributed by atoms with van der Waals surface area (Å²) in [5.41, 5.74) is 4.04. The lowest BCUT2D eigenvalue weighted by Gasteiger charge is -2.34. The van der Waals surface area contributed by atoms with Crippen molar-refractivity contribution in [2.75, 3.05) is 36.5 Å². The summed E-state index contributed by atoms with van der Waals surface area (Å²) in [4.78, 5) is 26.7.